The van der Waals surface area contributed by atoms with Crippen LogP contribution in [0.1, 0.15) is 13.3 Å². The molecule has 0 radical (unpaired) electrons. The van der Waals surface area contributed by atoms with Crippen LogP contribution in [0.4, 0.5) is 0 Å². The molecule has 3 aliphatic rings. The highest BCUT2D eigenvalue weighted by Crippen LogP contribution is 2.52. The molecule has 2 amide bonds. The van der Waals surface area contributed by atoms with Crippen molar-refractivity contribution in [1.82, 2.24) is 4.90 Å². The van der Waals surface area contributed by atoms with Gasteiger partial charge in [-0.25, -0.2) is 0 Å². The lowest BCUT2D eigenvalue weighted by Gasteiger charge is -2.16. The fourth-order valence-corrected chi connectivity index (χ4v) is 3.47. The third kappa shape index (κ3) is 1.50. The van der Waals surface area contributed by atoms with Crippen molar-refractivity contribution in [3.8, 4) is 0 Å². The van der Waals surface area contributed by atoms with E-state index in [4.69, 9.17) is 4.74 Å². The highest BCUT2D eigenvalue weighted by Gasteiger charge is 2.58. The van der Waals surface area contributed by atoms with Crippen LogP contribution in [0.25, 0.3) is 0 Å². The quantitative estimate of drug-likeness (QED) is 0.411. The third-order valence-electron chi connectivity index (χ3n) is 4.18. The molecule has 1 saturated carbocycles. The van der Waals surface area contributed by atoms with Crippen LogP contribution in [0, 0.1) is 23.7 Å². The van der Waals surface area contributed by atoms with Crippen LogP contribution in [-0.2, 0) is 19.1 Å². The summed E-state index contributed by atoms with van der Waals surface area (Å²) in [5, 5.41) is 0. The summed E-state index contributed by atoms with van der Waals surface area (Å²) in [5.74, 6) is -0.431. The number of hydrogen-bond acceptors (Lipinski definition) is 4. The zero-order valence-corrected chi connectivity index (χ0v) is 10.2. The summed E-state index contributed by atoms with van der Waals surface area (Å²) >= 11 is 0. The van der Waals surface area contributed by atoms with Crippen LogP contribution in [0.15, 0.2) is 12.2 Å². The zero-order chi connectivity index (χ0) is 12.9. The van der Waals surface area contributed by atoms with Gasteiger partial charge in [0, 0.05) is 6.92 Å². The first kappa shape index (κ1) is 11.4. The van der Waals surface area contributed by atoms with Crippen molar-refractivity contribution in [2.75, 3.05) is 13.2 Å². The van der Waals surface area contributed by atoms with Gasteiger partial charge < -0.3 is 4.74 Å². The average Bonchev–Trinajstić information content (AvgIpc) is 2.97. The molecule has 4 unspecified atom stereocenters. The molecule has 5 heteroatoms. The second-order valence-electron chi connectivity index (χ2n) is 5.17. The Balaban J connectivity index is 1.70. The van der Waals surface area contributed by atoms with E-state index in [1.807, 2.05) is 0 Å². The molecular weight excluding hydrogens is 234 g/mol. The highest BCUT2D eigenvalue weighted by atomic mass is 16.5. The zero-order valence-electron chi connectivity index (χ0n) is 10.2. The Morgan fingerprint density at radius 2 is 1.83 bits per heavy atom. The Hall–Kier alpha value is -1.65. The number of likely N-dealkylation sites (tertiary alicyclic amines) is 1. The molecule has 4 atom stereocenters. The summed E-state index contributed by atoms with van der Waals surface area (Å²) in [6, 6.07) is 0. The van der Waals surface area contributed by atoms with E-state index in [1.54, 1.807) is 0 Å². The Kier molecular flexibility index (Phi) is 2.50. The molecule has 1 aliphatic heterocycles. The van der Waals surface area contributed by atoms with Crippen molar-refractivity contribution >= 4 is 17.8 Å². The molecule has 0 aromatic heterocycles. The van der Waals surface area contributed by atoms with Gasteiger partial charge in [-0.15, -0.1) is 0 Å². The fraction of sp³-hybridized carbons (Fsp3) is 0.615. The lowest BCUT2D eigenvalue weighted by atomic mass is 9.85. The first-order chi connectivity index (χ1) is 8.59. The normalized spacial score (nSPS) is 36.4. The van der Waals surface area contributed by atoms with Crippen LogP contribution < -0.4 is 0 Å². The van der Waals surface area contributed by atoms with Crippen LogP contribution >= 0.6 is 0 Å². The number of hydrogen-bond donors (Lipinski definition) is 0. The van der Waals surface area contributed by atoms with Gasteiger partial charge in [0.15, 0.2) is 0 Å². The maximum absolute atomic E-state index is 12.2. The van der Waals surface area contributed by atoms with Crippen molar-refractivity contribution in [3.05, 3.63) is 12.2 Å². The maximum Gasteiger partial charge on any atom is 0.302 e. The van der Waals surface area contributed by atoms with Gasteiger partial charge in [-0.2, -0.15) is 0 Å². The third-order valence-corrected chi connectivity index (χ3v) is 4.18. The Bertz CT molecular complexity index is 426. The molecule has 5 nitrogen and oxygen atoms in total. The minimum atomic E-state index is -0.393. The maximum atomic E-state index is 12.2. The second-order valence-corrected chi connectivity index (χ2v) is 5.17. The number of carbonyl (C=O) groups excluding carboxylic acids is 3. The highest BCUT2D eigenvalue weighted by molar-refractivity contribution is 6.06. The minimum Gasteiger partial charge on any atom is -0.464 e. The van der Waals surface area contributed by atoms with E-state index in [2.05, 4.69) is 12.2 Å². The monoisotopic (exact) mass is 249 g/mol. The first-order valence-electron chi connectivity index (χ1n) is 6.26. The topological polar surface area (TPSA) is 63.7 Å². The van der Waals surface area contributed by atoms with Crippen molar-refractivity contribution in [2.24, 2.45) is 23.7 Å². The molecule has 18 heavy (non-hydrogen) atoms. The van der Waals surface area contributed by atoms with Crippen molar-refractivity contribution < 1.29 is 19.1 Å². The van der Waals surface area contributed by atoms with Crippen LogP contribution in [0.3, 0.4) is 0 Å². The van der Waals surface area contributed by atoms with Crippen LogP contribution in [0.5, 0.6) is 0 Å². The number of carbonyl (C=O) groups is 3. The summed E-state index contributed by atoms with van der Waals surface area (Å²) in [7, 11) is 0. The Morgan fingerprint density at radius 1 is 1.28 bits per heavy atom. The predicted octanol–water partition coefficient (Wildman–Crippen LogP) is 0.357. The summed E-state index contributed by atoms with van der Waals surface area (Å²) in [4.78, 5) is 36.3. The largest absolute Gasteiger partial charge is 0.464 e. The number of imide groups is 1. The Morgan fingerprint density at radius 3 is 2.33 bits per heavy atom. The van der Waals surface area contributed by atoms with Gasteiger partial charge in [0.2, 0.25) is 11.8 Å². The molecule has 0 aromatic carbocycles. The summed E-state index contributed by atoms with van der Waals surface area (Å²) in [6.07, 6.45) is 5.06. The number of esters is 1. The molecule has 1 saturated heterocycles. The van der Waals surface area contributed by atoms with E-state index in [0.717, 1.165) is 6.42 Å². The lowest BCUT2D eigenvalue weighted by molar-refractivity contribution is -0.147. The predicted molar refractivity (Wildman–Crippen MR) is 61.1 cm³/mol. The van der Waals surface area contributed by atoms with Crippen molar-refractivity contribution in [2.45, 2.75) is 13.3 Å². The molecule has 96 valence electrons. The van der Waals surface area contributed by atoms with Gasteiger partial charge in [0.25, 0.3) is 0 Å². The molecule has 1 heterocycles. The van der Waals surface area contributed by atoms with E-state index in [9.17, 15) is 14.4 Å². The average molecular weight is 249 g/mol. The molecule has 3 rings (SSSR count). The van der Waals surface area contributed by atoms with Gasteiger partial charge >= 0.3 is 5.97 Å². The number of nitrogens with zero attached hydrogens (tertiary/aromatic N) is 1. The van der Waals surface area contributed by atoms with E-state index < -0.39 is 5.97 Å². The molecule has 2 aliphatic carbocycles. The number of fused-ring (bicyclic) bond motifs is 5. The standard InChI is InChI=1S/C13H15NO4/c1-7(15)18-5-4-14-12(16)10-8-2-3-9(6-8)11(10)13(14)17/h2-3,8-11H,4-6H2,1H3. The molecule has 2 fully saturated rings. The number of allylic oxidation sites excluding steroid dienone is 2. The van der Waals surface area contributed by atoms with Gasteiger partial charge in [0.05, 0.1) is 18.4 Å². The summed E-state index contributed by atoms with van der Waals surface area (Å²) in [5.41, 5.74) is 0. The lowest BCUT2D eigenvalue weighted by Crippen LogP contribution is -2.36. The fourth-order valence-electron chi connectivity index (χ4n) is 3.47. The van der Waals surface area contributed by atoms with Crippen LogP contribution in [0.2, 0.25) is 0 Å². The minimum absolute atomic E-state index is 0.0889. The smallest absolute Gasteiger partial charge is 0.302 e. The van der Waals surface area contributed by atoms with Crippen molar-refractivity contribution in [3.63, 3.8) is 0 Å². The molecule has 2 bridgehead atoms. The van der Waals surface area contributed by atoms with Crippen LogP contribution in [-0.4, -0.2) is 35.8 Å². The SMILES string of the molecule is CC(=O)OCCN1C(=O)C2C3C=CC(C3)C2C1=O. The molecule has 0 spiro atoms. The first-order valence-corrected chi connectivity index (χ1v) is 6.26. The summed E-state index contributed by atoms with van der Waals surface area (Å²) < 4.78 is 4.79. The molecule has 0 aromatic rings. The number of ether oxygens (including phenoxy) is 1. The Labute approximate surface area is 105 Å². The van der Waals surface area contributed by atoms with E-state index in [1.165, 1.54) is 11.8 Å². The molecular formula is C13H15NO4. The van der Waals surface area contributed by atoms with E-state index in [0.29, 0.717) is 0 Å². The van der Waals surface area contributed by atoms with Gasteiger partial charge in [-0.3, -0.25) is 19.3 Å². The number of rotatable bonds is 3. The van der Waals surface area contributed by atoms with Crippen molar-refractivity contribution in [1.29, 1.82) is 0 Å². The molecule has 0 N–H and O–H groups in total. The second kappa shape index (κ2) is 3.93. The van der Waals surface area contributed by atoms with E-state index >= 15 is 0 Å². The van der Waals surface area contributed by atoms with Gasteiger partial charge in [0.1, 0.15) is 6.61 Å². The van der Waals surface area contributed by atoms with Gasteiger partial charge in [-0.1, -0.05) is 12.2 Å². The summed E-state index contributed by atoms with van der Waals surface area (Å²) in [6.45, 7) is 1.59. The van der Waals surface area contributed by atoms with E-state index in [-0.39, 0.29) is 48.6 Å². The number of amides is 2. The van der Waals surface area contributed by atoms with Gasteiger partial charge in [-0.05, 0) is 18.3 Å².